The Bertz CT molecular complexity index is 322. The molecule has 0 aromatic rings. The lowest BCUT2D eigenvalue weighted by molar-refractivity contribution is 0.0264. The van der Waals surface area contributed by atoms with E-state index in [2.05, 4.69) is 60.6 Å². The normalized spacial score (nSPS) is 31.5. The zero-order chi connectivity index (χ0) is 12.8. The molecule has 1 N–H and O–H groups in total. The minimum atomic E-state index is -0.817. The van der Waals surface area contributed by atoms with Crippen molar-refractivity contribution in [3.63, 3.8) is 0 Å². The first-order valence-electron chi connectivity index (χ1n) is 6.12. The Kier molecular flexibility index (Phi) is 3.15. The fraction of sp³-hybridized carbons (Fsp3) is 0.733. The maximum absolute atomic E-state index is 10.7. The topological polar surface area (TPSA) is 20.2 Å². The molecule has 1 nitrogen and oxygen atoms in total. The Hall–Kier alpha value is -0.560. The molecule has 92 valence electrons. The van der Waals surface area contributed by atoms with Crippen molar-refractivity contribution in [1.29, 1.82) is 0 Å². The monoisotopic (exact) mass is 222 g/mol. The zero-order valence-electron chi connectivity index (χ0n) is 11.8. The van der Waals surface area contributed by atoms with Gasteiger partial charge in [0, 0.05) is 0 Å². The van der Waals surface area contributed by atoms with Crippen molar-refractivity contribution < 1.29 is 5.11 Å². The second-order valence-electron chi connectivity index (χ2n) is 7.07. The van der Waals surface area contributed by atoms with Gasteiger partial charge in [-0.15, -0.1) is 0 Å². The second-order valence-corrected chi connectivity index (χ2v) is 7.07. The summed E-state index contributed by atoms with van der Waals surface area (Å²) in [5.41, 5.74) is 0.457. The lowest BCUT2D eigenvalue weighted by Gasteiger charge is -2.41. The van der Waals surface area contributed by atoms with Crippen LogP contribution in [0.5, 0.6) is 0 Å². The molecule has 0 fully saturated rings. The minimum Gasteiger partial charge on any atom is -0.381 e. The van der Waals surface area contributed by atoms with Crippen molar-refractivity contribution >= 4 is 0 Å². The molecule has 0 aromatic heterocycles. The average molecular weight is 222 g/mol. The van der Waals surface area contributed by atoms with Crippen molar-refractivity contribution in [1.82, 2.24) is 0 Å². The summed E-state index contributed by atoms with van der Waals surface area (Å²) in [7, 11) is 0. The van der Waals surface area contributed by atoms with Gasteiger partial charge in [-0.25, -0.2) is 0 Å². The van der Waals surface area contributed by atoms with E-state index in [0.29, 0.717) is 5.92 Å². The van der Waals surface area contributed by atoms with E-state index < -0.39 is 5.60 Å². The maximum Gasteiger partial charge on any atom is 0.106 e. The molecule has 16 heavy (non-hydrogen) atoms. The van der Waals surface area contributed by atoms with Crippen LogP contribution in [-0.2, 0) is 0 Å². The molecule has 0 saturated heterocycles. The highest BCUT2D eigenvalue weighted by Gasteiger charge is 2.40. The van der Waals surface area contributed by atoms with Crippen LogP contribution < -0.4 is 0 Å². The Morgan fingerprint density at radius 2 is 1.62 bits per heavy atom. The summed E-state index contributed by atoms with van der Waals surface area (Å²) in [5, 5.41) is 10.7. The first-order valence-corrected chi connectivity index (χ1v) is 6.12. The molecule has 0 bridgehead atoms. The van der Waals surface area contributed by atoms with E-state index in [-0.39, 0.29) is 10.8 Å². The van der Waals surface area contributed by atoms with Crippen LogP contribution in [0.1, 0.15) is 48.5 Å². The van der Waals surface area contributed by atoms with Gasteiger partial charge in [0.05, 0.1) is 0 Å². The Morgan fingerprint density at radius 1 is 1.12 bits per heavy atom. The van der Waals surface area contributed by atoms with Crippen LogP contribution in [0.2, 0.25) is 0 Å². The Morgan fingerprint density at radius 3 is 2.00 bits per heavy atom. The quantitative estimate of drug-likeness (QED) is 0.615. The summed E-state index contributed by atoms with van der Waals surface area (Å²) in [6.07, 6.45) is 6.15. The van der Waals surface area contributed by atoms with Crippen molar-refractivity contribution in [2.24, 2.45) is 16.7 Å². The fourth-order valence-corrected chi connectivity index (χ4v) is 2.18. The number of allylic oxidation sites excluding steroid dienone is 2. The molecule has 1 rings (SSSR count). The molecule has 1 aliphatic carbocycles. The van der Waals surface area contributed by atoms with E-state index in [1.807, 2.05) is 6.08 Å². The Labute approximate surface area is 100 Å². The van der Waals surface area contributed by atoms with Gasteiger partial charge < -0.3 is 5.11 Å². The molecule has 0 amide bonds. The smallest absolute Gasteiger partial charge is 0.106 e. The van der Waals surface area contributed by atoms with E-state index in [9.17, 15) is 5.11 Å². The summed E-state index contributed by atoms with van der Waals surface area (Å²) in [5.74, 6) is 0.419. The summed E-state index contributed by atoms with van der Waals surface area (Å²) >= 11 is 0. The van der Waals surface area contributed by atoms with E-state index in [0.717, 1.165) is 0 Å². The summed E-state index contributed by atoms with van der Waals surface area (Å²) < 4.78 is 0. The summed E-state index contributed by atoms with van der Waals surface area (Å²) in [6.45, 7) is 15.0. The van der Waals surface area contributed by atoms with E-state index in [1.165, 1.54) is 5.57 Å². The molecule has 1 heteroatoms. The Balaban J connectivity index is 3.21. The lowest BCUT2D eigenvalue weighted by atomic mass is 9.67. The first kappa shape index (κ1) is 13.5. The molecule has 0 aromatic carbocycles. The minimum absolute atomic E-state index is 0.114. The molecular weight excluding hydrogens is 196 g/mol. The van der Waals surface area contributed by atoms with Crippen LogP contribution in [0, 0.1) is 16.7 Å². The van der Waals surface area contributed by atoms with Crippen molar-refractivity contribution in [2.75, 3.05) is 0 Å². The van der Waals surface area contributed by atoms with Gasteiger partial charge in [-0.05, 0) is 22.8 Å². The molecule has 1 aliphatic rings. The van der Waals surface area contributed by atoms with Crippen LogP contribution in [0.15, 0.2) is 23.8 Å². The highest BCUT2D eigenvalue weighted by molar-refractivity contribution is 5.33. The fourth-order valence-electron chi connectivity index (χ4n) is 2.18. The summed E-state index contributed by atoms with van der Waals surface area (Å²) in [4.78, 5) is 0. The predicted octanol–water partition coefficient (Wildman–Crippen LogP) is 3.94. The van der Waals surface area contributed by atoms with Crippen LogP contribution in [0.4, 0.5) is 0 Å². The standard InChI is InChI=1S/C15H26O/c1-11-8-9-15(16,14(5,6)7)10-12(11)13(2,3)4/h8-11,16H,1-7H3. The molecular formula is C15H26O. The van der Waals surface area contributed by atoms with Crippen LogP contribution in [0.3, 0.4) is 0 Å². The van der Waals surface area contributed by atoms with E-state index in [1.54, 1.807) is 0 Å². The third-order valence-electron chi connectivity index (χ3n) is 3.57. The third kappa shape index (κ3) is 2.40. The molecule has 0 aliphatic heterocycles. The number of hydrogen-bond donors (Lipinski definition) is 1. The van der Waals surface area contributed by atoms with E-state index in [4.69, 9.17) is 0 Å². The molecule has 2 unspecified atom stereocenters. The maximum atomic E-state index is 10.7. The van der Waals surface area contributed by atoms with Gasteiger partial charge in [-0.2, -0.15) is 0 Å². The number of rotatable bonds is 0. The molecule has 0 spiro atoms. The lowest BCUT2D eigenvalue weighted by Crippen LogP contribution is -2.42. The van der Waals surface area contributed by atoms with Gasteiger partial charge >= 0.3 is 0 Å². The van der Waals surface area contributed by atoms with Crippen LogP contribution in [0.25, 0.3) is 0 Å². The molecule has 0 saturated carbocycles. The van der Waals surface area contributed by atoms with Crippen LogP contribution >= 0.6 is 0 Å². The largest absolute Gasteiger partial charge is 0.381 e. The van der Waals surface area contributed by atoms with Gasteiger partial charge in [-0.3, -0.25) is 0 Å². The molecule has 0 heterocycles. The SMILES string of the molecule is CC1C=CC(O)(C(C)(C)C)C=C1C(C)(C)C. The highest BCUT2D eigenvalue weighted by atomic mass is 16.3. The predicted molar refractivity (Wildman–Crippen MR) is 70.2 cm³/mol. The van der Waals surface area contributed by atoms with Gasteiger partial charge in [0.1, 0.15) is 5.60 Å². The number of hydrogen-bond acceptors (Lipinski definition) is 1. The number of aliphatic hydroxyl groups is 1. The van der Waals surface area contributed by atoms with Gasteiger partial charge in [0.25, 0.3) is 0 Å². The van der Waals surface area contributed by atoms with Gasteiger partial charge in [0.15, 0.2) is 0 Å². The highest BCUT2D eigenvalue weighted by Crippen LogP contribution is 2.42. The van der Waals surface area contributed by atoms with Gasteiger partial charge in [-0.1, -0.05) is 66.2 Å². The molecule has 0 radical (unpaired) electrons. The van der Waals surface area contributed by atoms with E-state index >= 15 is 0 Å². The van der Waals surface area contributed by atoms with Gasteiger partial charge in [0.2, 0.25) is 0 Å². The molecule has 2 atom stereocenters. The summed E-state index contributed by atoms with van der Waals surface area (Å²) in [6, 6.07) is 0. The third-order valence-corrected chi connectivity index (χ3v) is 3.57. The van der Waals surface area contributed by atoms with Crippen LogP contribution in [-0.4, -0.2) is 10.7 Å². The van der Waals surface area contributed by atoms with Crippen molar-refractivity contribution in [2.45, 2.75) is 54.1 Å². The first-order chi connectivity index (χ1) is 6.97. The second kappa shape index (κ2) is 3.73. The van der Waals surface area contributed by atoms with Crippen molar-refractivity contribution in [3.05, 3.63) is 23.8 Å². The average Bonchev–Trinajstić information content (AvgIpc) is 2.05. The van der Waals surface area contributed by atoms with Crippen molar-refractivity contribution in [3.8, 4) is 0 Å². The zero-order valence-corrected chi connectivity index (χ0v) is 11.8.